The van der Waals surface area contributed by atoms with Gasteiger partial charge in [-0.3, -0.25) is 4.79 Å². The number of carbonyl (C=O) groups is 1. The summed E-state index contributed by atoms with van der Waals surface area (Å²) >= 11 is 0. The van der Waals surface area contributed by atoms with Gasteiger partial charge < -0.3 is 5.32 Å². The molecule has 0 aliphatic heterocycles. The molecule has 3 aliphatic carbocycles. The van der Waals surface area contributed by atoms with Crippen LogP contribution in [0.2, 0.25) is 0 Å². The first-order chi connectivity index (χ1) is 7.91. The van der Waals surface area contributed by atoms with E-state index in [2.05, 4.69) is 26.1 Å². The molecule has 0 aromatic carbocycles. The first-order valence-electron chi connectivity index (χ1n) is 7.21. The monoisotopic (exact) mass is 235 g/mol. The quantitative estimate of drug-likeness (QED) is 0.797. The topological polar surface area (TPSA) is 29.1 Å². The summed E-state index contributed by atoms with van der Waals surface area (Å²) < 4.78 is 0. The molecule has 0 radical (unpaired) electrons. The van der Waals surface area contributed by atoms with Crippen molar-refractivity contribution in [2.24, 2.45) is 22.7 Å². The standard InChI is InChI=1S/C15H25NO/c1-14(2,3)12(8-10-4-5-10)16-13(17)11-9-15(11)6-7-15/h10-12H,4-9H2,1-3H3,(H,16,17). The van der Waals surface area contributed by atoms with E-state index < -0.39 is 0 Å². The molecule has 0 bridgehead atoms. The Hall–Kier alpha value is -0.530. The molecule has 3 saturated carbocycles. The number of rotatable bonds is 4. The SMILES string of the molecule is CC(C)(C)C(CC1CC1)NC(=O)C1CC12CC2. The van der Waals surface area contributed by atoms with Crippen LogP contribution < -0.4 is 5.32 Å². The molecule has 96 valence electrons. The van der Waals surface area contributed by atoms with E-state index in [1.807, 2.05) is 0 Å². The van der Waals surface area contributed by atoms with Crippen LogP contribution in [0.25, 0.3) is 0 Å². The van der Waals surface area contributed by atoms with Crippen molar-refractivity contribution in [1.82, 2.24) is 5.32 Å². The molecule has 2 unspecified atom stereocenters. The minimum absolute atomic E-state index is 0.198. The third kappa shape index (κ3) is 2.36. The van der Waals surface area contributed by atoms with Gasteiger partial charge in [-0.05, 0) is 42.4 Å². The Kier molecular flexibility index (Phi) is 2.37. The minimum Gasteiger partial charge on any atom is -0.353 e. The maximum Gasteiger partial charge on any atom is 0.223 e. The summed E-state index contributed by atoms with van der Waals surface area (Å²) in [7, 11) is 0. The van der Waals surface area contributed by atoms with Gasteiger partial charge in [0.1, 0.15) is 0 Å². The minimum atomic E-state index is 0.198. The van der Waals surface area contributed by atoms with Crippen molar-refractivity contribution >= 4 is 5.91 Å². The molecule has 1 spiro atoms. The van der Waals surface area contributed by atoms with Gasteiger partial charge >= 0.3 is 0 Å². The number of hydrogen-bond donors (Lipinski definition) is 1. The highest BCUT2D eigenvalue weighted by molar-refractivity contribution is 5.83. The van der Waals surface area contributed by atoms with E-state index in [-0.39, 0.29) is 5.41 Å². The maximum absolute atomic E-state index is 12.2. The molecule has 0 aromatic rings. The summed E-state index contributed by atoms with van der Waals surface area (Å²) in [5.74, 6) is 1.60. The average Bonchev–Trinajstić information content (AvgIpc) is 3.05. The summed E-state index contributed by atoms with van der Waals surface area (Å²) in [6, 6.07) is 0.374. The van der Waals surface area contributed by atoms with Gasteiger partial charge in [-0.15, -0.1) is 0 Å². The van der Waals surface area contributed by atoms with Gasteiger partial charge in [0, 0.05) is 12.0 Å². The molecule has 0 heterocycles. The van der Waals surface area contributed by atoms with Crippen LogP contribution >= 0.6 is 0 Å². The molecule has 17 heavy (non-hydrogen) atoms. The second-order valence-electron chi connectivity index (χ2n) is 7.73. The third-order valence-corrected chi connectivity index (χ3v) is 5.03. The lowest BCUT2D eigenvalue weighted by molar-refractivity contribution is -0.124. The predicted octanol–water partition coefficient (Wildman–Crippen LogP) is 3.12. The zero-order chi connectivity index (χ0) is 12.3. The van der Waals surface area contributed by atoms with E-state index in [0.717, 1.165) is 5.92 Å². The van der Waals surface area contributed by atoms with Gasteiger partial charge in [-0.25, -0.2) is 0 Å². The van der Waals surface area contributed by atoms with E-state index in [0.29, 0.717) is 23.3 Å². The van der Waals surface area contributed by atoms with Crippen LogP contribution in [-0.4, -0.2) is 11.9 Å². The van der Waals surface area contributed by atoms with Gasteiger partial charge in [0.05, 0.1) is 0 Å². The van der Waals surface area contributed by atoms with E-state index in [1.165, 1.54) is 38.5 Å². The molecule has 1 N–H and O–H groups in total. The highest BCUT2D eigenvalue weighted by atomic mass is 16.2. The summed E-state index contributed by atoms with van der Waals surface area (Å²) in [5, 5.41) is 3.35. The highest BCUT2D eigenvalue weighted by Crippen LogP contribution is 2.70. The Morgan fingerprint density at radius 1 is 1.35 bits per heavy atom. The Bertz CT molecular complexity index is 333. The lowest BCUT2D eigenvalue weighted by Gasteiger charge is -2.32. The van der Waals surface area contributed by atoms with Crippen LogP contribution in [-0.2, 0) is 4.79 Å². The van der Waals surface area contributed by atoms with Gasteiger partial charge in [-0.2, -0.15) is 0 Å². The van der Waals surface area contributed by atoms with Crippen LogP contribution in [0.3, 0.4) is 0 Å². The fraction of sp³-hybridized carbons (Fsp3) is 0.933. The molecule has 3 rings (SSSR count). The summed E-state index contributed by atoms with van der Waals surface area (Å²) in [6.45, 7) is 6.75. The largest absolute Gasteiger partial charge is 0.353 e. The molecule has 2 heteroatoms. The first kappa shape index (κ1) is 11.6. The first-order valence-corrected chi connectivity index (χ1v) is 7.21. The van der Waals surface area contributed by atoms with Gasteiger partial charge in [0.2, 0.25) is 5.91 Å². The lowest BCUT2D eigenvalue weighted by atomic mass is 9.83. The molecule has 1 amide bonds. The number of nitrogens with one attached hydrogen (secondary N) is 1. The highest BCUT2D eigenvalue weighted by Gasteiger charge is 2.65. The number of carbonyl (C=O) groups excluding carboxylic acids is 1. The number of amides is 1. The fourth-order valence-electron chi connectivity index (χ4n) is 3.02. The van der Waals surface area contributed by atoms with Crippen molar-refractivity contribution in [3.05, 3.63) is 0 Å². The van der Waals surface area contributed by atoms with Crippen LogP contribution in [0.15, 0.2) is 0 Å². The molecule has 0 aromatic heterocycles. The fourth-order valence-corrected chi connectivity index (χ4v) is 3.02. The molecule has 3 aliphatic rings. The van der Waals surface area contributed by atoms with Crippen molar-refractivity contribution < 1.29 is 4.79 Å². The van der Waals surface area contributed by atoms with Crippen LogP contribution in [0.4, 0.5) is 0 Å². The Balaban J connectivity index is 1.57. The van der Waals surface area contributed by atoms with Crippen LogP contribution in [0, 0.1) is 22.7 Å². The third-order valence-electron chi connectivity index (χ3n) is 5.03. The van der Waals surface area contributed by atoms with Crippen molar-refractivity contribution in [1.29, 1.82) is 0 Å². The molecule has 2 atom stereocenters. The van der Waals surface area contributed by atoms with Gasteiger partial charge in [0.15, 0.2) is 0 Å². The molecule has 2 nitrogen and oxygen atoms in total. The molecular weight excluding hydrogens is 210 g/mol. The zero-order valence-corrected chi connectivity index (χ0v) is 11.4. The molecule has 0 saturated heterocycles. The predicted molar refractivity (Wildman–Crippen MR) is 68.5 cm³/mol. The maximum atomic E-state index is 12.2. The Labute approximate surface area is 105 Å². The average molecular weight is 235 g/mol. The second kappa shape index (κ2) is 3.49. The van der Waals surface area contributed by atoms with Crippen molar-refractivity contribution in [3.8, 4) is 0 Å². The van der Waals surface area contributed by atoms with Crippen molar-refractivity contribution in [3.63, 3.8) is 0 Å². The van der Waals surface area contributed by atoms with Crippen LogP contribution in [0.1, 0.15) is 59.3 Å². The molecular formula is C15H25NO. The van der Waals surface area contributed by atoms with Crippen molar-refractivity contribution in [2.75, 3.05) is 0 Å². The van der Waals surface area contributed by atoms with E-state index in [1.54, 1.807) is 0 Å². The molecule has 3 fully saturated rings. The van der Waals surface area contributed by atoms with E-state index in [9.17, 15) is 4.79 Å². The second-order valence-corrected chi connectivity index (χ2v) is 7.73. The lowest BCUT2D eigenvalue weighted by Crippen LogP contribution is -2.44. The Morgan fingerprint density at radius 2 is 2.00 bits per heavy atom. The van der Waals surface area contributed by atoms with E-state index >= 15 is 0 Å². The van der Waals surface area contributed by atoms with Crippen molar-refractivity contribution in [2.45, 2.75) is 65.3 Å². The van der Waals surface area contributed by atoms with E-state index in [4.69, 9.17) is 0 Å². The van der Waals surface area contributed by atoms with Gasteiger partial charge in [-0.1, -0.05) is 33.6 Å². The Morgan fingerprint density at radius 3 is 2.41 bits per heavy atom. The summed E-state index contributed by atoms with van der Waals surface area (Å²) in [5.41, 5.74) is 0.690. The van der Waals surface area contributed by atoms with Crippen LogP contribution in [0.5, 0.6) is 0 Å². The normalized spacial score (nSPS) is 31.1. The zero-order valence-electron chi connectivity index (χ0n) is 11.4. The number of hydrogen-bond acceptors (Lipinski definition) is 1. The smallest absolute Gasteiger partial charge is 0.223 e. The summed E-state index contributed by atoms with van der Waals surface area (Å²) in [6.07, 6.45) is 7.70. The summed E-state index contributed by atoms with van der Waals surface area (Å²) in [4.78, 5) is 12.2. The van der Waals surface area contributed by atoms with Gasteiger partial charge in [0.25, 0.3) is 0 Å².